The summed E-state index contributed by atoms with van der Waals surface area (Å²) in [6.45, 7) is 4.66. The van der Waals surface area contributed by atoms with Crippen LogP contribution in [0.25, 0.3) is 0 Å². The Balaban J connectivity index is 2.57. The third-order valence-electron chi connectivity index (χ3n) is 2.80. The van der Waals surface area contributed by atoms with Crippen LogP contribution < -0.4 is 5.32 Å². The zero-order valence-corrected chi connectivity index (χ0v) is 8.41. The van der Waals surface area contributed by atoms with E-state index in [-0.39, 0.29) is 11.3 Å². The molecule has 0 unspecified atom stereocenters. The van der Waals surface area contributed by atoms with Crippen molar-refractivity contribution in [2.75, 3.05) is 6.54 Å². The molecule has 76 valence electrons. The number of rotatable bonds is 0. The SMILES string of the molecule is CC1(C)NC[C@@H](O)c2cc(O)ccc21. The number of phenols is 1. The molecule has 0 bridgehead atoms. The standard InChI is InChI=1S/C11H15NO2/c1-11(2)9-4-3-7(13)5-8(9)10(14)6-12-11/h3-5,10,12-14H,6H2,1-2H3/t10-/m1/s1. The van der Waals surface area contributed by atoms with Crippen LogP contribution in [0.2, 0.25) is 0 Å². The number of phenolic OH excluding ortho intramolecular Hbond substituents is 1. The highest BCUT2D eigenvalue weighted by molar-refractivity contribution is 5.41. The first-order valence-electron chi connectivity index (χ1n) is 4.77. The molecule has 1 heterocycles. The maximum Gasteiger partial charge on any atom is 0.115 e. The van der Waals surface area contributed by atoms with Gasteiger partial charge < -0.3 is 15.5 Å². The van der Waals surface area contributed by atoms with Gasteiger partial charge in [-0.05, 0) is 37.1 Å². The van der Waals surface area contributed by atoms with Crippen molar-refractivity contribution in [2.24, 2.45) is 0 Å². The van der Waals surface area contributed by atoms with Gasteiger partial charge in [-0.2, -0.15) is 0 Å². The van der Waals surface area contributed by atoms with Crippen LogP contribution in [-0.4, -0.2) is 16.8 Å². The molecule has 0 spiro atoms. The van der Waals surface area contributed by atoms with E-state index < -0.39 is 6.10 Å². The highest BCUT2D eigenvalue weighted by Crippen LogP contribution is 2.34. The van der Waals surface area contributed by atoms with E-state index in [1.165, 1.54) is 0 Å². The van der Waals surface area contributed by atoms with E-state index in [2.05, 4.69) is 19.2 Å². The summed E-state index contributed by atoms with van der Waals surface area (Å²) in [7, 11) is 0. The Labute approximate surface area is 83.4 Å². The highest BCUT2D eigenvalue weighted by atomic mass is 16.3. The molecular formula is C11H15NO2. The summed E-state index contributed by atoms with van der Waals surface area (Å²) in [5, 5.41) is 22.3. The van der Waals surface area contributed by atoms with Crippen LogP contribution >= 0.6 is 0 Å². The van der Waals surface area contributed by atoms with Crippen molar-refractivity contribution >= 4 is 0 Å². The van der Waals surface area contributed by atoms with Gasteiger partial charge in [-0.3, -0.25) is 0 Å². The number of fused-ring (bicyclic) bond motifs is 1. The summed E-state index contributed by atoms with van der Waals surface area (Å²) < 4.78 is 0. The van der Waals surface area contributed by atoms with Crippen molar-refractivity contribution in [1.29, 1.82) is 0 Å². The third kappa shape index (κ3) is 1.38. The lowest BCUT2D eigenvalue weighted by molar-refractivity contribution is 0.142. The molecule has 1 aliphatic heterocycles. The fourth-order valence-corrected chi connectivity index (χ4v) is 1.95. The third-order valence-corrected chi connectivity index (χ3v) is 2.80. The predicted octanol–water partition coefficient (Wildman–Crippen LogP) is 1.26. The minimum atomic E-state index is -0.523. The van der Waals surface area contributed by atoms with E-state index in [0.29, 0.717) is 6.54 Å². The normalized spacial score (nSPS) is 24.4. The van der Waals surface area contributed by atoms with Gasteiger partial charge in [0, 0.05) is 12.1 Å². The summed E-state index contributed by atoms with van der Waals surface area (Å²) in [5.41, 5.74) is 1.74. The van der Waals surface area contributed by atoms with Crippen LogP contribution in [0.3, 0.4) is 0 Å². The topological polar surface area (TPSA) is 52.5 Å². The number of aromatic hydroxyl groups is 1. The summed E-state index contributed by atoms with van der Waals surface area (Å²) in [6, 6.07) is 5.16. The zero-order chi connectivity index (χ0) is 10.3. The summed E-state index contributed by atoms with van der Waals surface area (Å²) in [5.74, 6) is 0.209. The number of aliphatic hydroxyl groups excluding tert-OH is 1. The largest absolute Gasteiger partial charge is 0.508 e. The van der Waals surface area contributed by atoms with Gasteiger partial charge in [-0.25, -0.2) is 0 Å². The molecule has 0 fully saturated rings. The van der Waals surface area contributed by atoms with E-state index in [1.54, 1.807) is 12.1 Å². The minimum absolute atomic E-state index is 0.137. The highest BCUT2D eigenvalue weighted by Gasteiger charge is 2.31. The second kappa shape index (κ2) is 2.97. The molecule has 14 heavy (non-hydrogen) atoms. The van der Waals surface area contributed by atoms with E-state index in [0.717, 1.165) is 11.1 Å². The molecule has 0 amide bonds. The van der Waals surface area contributed by atoms with Crippen LogP contribution in [0, 0.1) is 0 Å². The Kier molecular flexibility index (Phi) is 2.01. The second-order valence-corrected chi connectivity index (χ2v) is 4.29. The molecule has 3 heteroatoms. The van der Waals surface area contributed by atoms with E-state index >= 15 is 0 Å². The maximum absolute atomic E-state index is 9.74. The van der Waals surface area contributed by atoms with Gasteiger partial charge in [0.25, 0.3) is 0 Å². The lowest BCUT2D eigenvalue weighted by Crippen LogP contribution is -2.44. The van der Waals surface area contributed by atoms with Gasteiger partial charge in [0.05, 0.1) is 6.10 Å². The molecule has 0 saturated carbocycles. The van der Waals surface area contributed by atoms with Crippen LogP contribution in [0.4, 0.5) is 0 Å². The summed E-state index contributed by atoms with van der Waals surface area (Å²) in [4.78, 5) is 0. The van der Waals surface area contributed by atoms with Gasteiger partial charge in [-0.1, -0.05) is 6.07 Å². The number of benzene rings is 1. The van der Waals surface area contributed by atoms with Gasteiger partial charge in [0.15, 0.2) is 0 Å². The Hall–Kier alpha value is -1.06. The van der Waals surface area contributed by atoms with Gasteiger partial charge in [-0.15, -0.1) is 0 Å². The van der Waals surface area contributed by atoms with Crippen molar-refractivity contribution < 1.29 is 10.2 Å². The van der Waals surface area contributed by atoms with Crippen LogP contribution in [0.1, 0.15) is 31.1 Å². The number of hydrogen-bond acceptors (Lipinski definition) is 3. The van der Waals surface area contributed by atoms with Crippen molar-refractivity contribution in [3.05, 3.63) is 29.3 Å². The van der Waals surface area contributed by atoms with Crippen molar-refractivity contribution in [3.63, 3.8) is 0 Å². The predicted molar refractivity (Wildman–Crippen MR) is 54.1 cm³/mol. The Bertz CT molecular complexity index is 360. The maximum atomic E-state index is 9.74. The number of nitrogens with one attached hydrogen (secondary N) is 1. The van der Waals surface area contributed by atoms with Crippen molar-refractivity contribution in [1.82, 2.24) is 5.32 Å². The van der Waals surface area contributed by atoms with Gasteiger partial charge in [0.1, 0.15) is 5.75 Å². The number of aliphatic hydroxyl groups is 1. The fraction of sp³-hybridized carbons (Fsp3) is 0.455. The zero-order valence-electron chi connectivity index (χ0n) is 8.41. The lowest BCUT2D eigenvalue weighted by Gasteiger charge is -2.36. The van der Waals surface area contributed by atoms with E-state index in [1.807, 2.05) is 6.07 Å². The van der Waals surface area contributed by atoms with Gasteiger partial charge >= 0.3 is 0 Å². The molecule has 0 aromatic heterocycles. The first-order valence-corrected chi connectivity index (χ1v) is 4.77. The van der Waals surface area contributed by atoms with Gasteiger partial charge in [0.2, 0.25) is 0 Å². The molecule has 0 saturated heterocycles. The van der Waals surface area contributed by atoms with E-state index in [9.17, 15) is 10.2 Å². The van der Waals surface area contributed by atoms with Crippen LogP contribution in [0.5, 0.6) is 5.75 Å². The Morgan fingerprint density at radius 2 is 2.14 bits per heavy atom. The lowest BCUT2D eigenvalue weighted by atomic mass is 9.84. The average molecular weight is 193 g/mol. The molecule has 0 radical (unpaired) electrons. The van der Waals surface area contributed by atoms with E-state index in [4.69, 9.17) is 0 Å². The molecule has 1 aromatic carbocycles. The minimum Gasteiger partial charge on any atom is -0.508 e. The molecular weight excluding hydrogens is 178 g/mol. The molecule has 1 atom stereocenters. The second-order valence-electron chi connectivity index (χ2n) is 4.29. The smallest absolute Gasteiger partial charge is 0.115 e. The molecule has 3 N–H and O–H groups in total. The van der Waals surface area contributed by atoms with Crippen molar-refractivity contribution in [2.45, 2.75) is 25.5 Å². The number of hydrogen-bond donors (Lipinski definition) is 3. The monoisotopic (exact) mass is 193 g/mol. The van der Waals surface area contributed by atoms with Crippen LogP contribution in [-0.2, 0) is 5.54 Å². The molecule has 0 aliphatic carbocycles. The Morgan fingerprint density at radius 1 is 1.43 bits per heavy atom. The molecule has 1 aromatic rings. The quantitative estimate of drug-likeness (QED) is 0.581. The first kappa shape index (κ1) is 9.49. The van der Waals surface area contributed by atoms with Crippen LogP contribution in [0.15, 0.2) is 18.2 Å². The first-order chi connectivity index (χ1) is 6.50. The van der Waals surface area contributed by atoms with Crippen molar-refractivity contribution in [3.8, 4) is 5.75 Å². The number of β-amino-alcohol motifs (C(OH)–C–C–N with tert-alkyl or cyclic N) is 1. The summed E-state index contributed by atoms with van der Waals surface area (Å²) >= 11 is 0. The Morgan fingerprint density at radius 3 is 2.86 bits per heavy atom. The fourth-order valence-electron chi connectivity index (χ4n) is 1.95. The molecule has 1 aliphatic rings. The molecule has 3 nitrogen and oxygen atoms in total. The average Bonchev–Trinajstić information content (AvgIpc) is 2.12. The molecule has 2 rings (SSSR count). The summed E-state index contributed by atoms with van der Waals surface area (Å²) in [6.07, 6.45) is -0.523.